The Morgan fingerprint density at radius 2 is 2.11 bits per heavy atom. The second-order valence-electron chi connectivity index (χ2n) is 4.18. The second-order valence-corrected chi connectivity index (χ2v) is 4.18. The summed E-state index contributed by atoms with van der Waals surface area (Å²) in [6.45, 7) is 3.80. The molecule has 1 amide bonds. The van der Waals surface area contributed by atoms with Gasteiger partial charge in [-0.15, -0.1) is 0 Å². The first-order chi connectivity index (χ1) is 8.95. The Kier molecular flexibility index (Phi) is 5.25. The van der Waals surface area contributed by atoms with Crippen LogP contribution in [0.2, 0.25) is 0 Å². The number of amides is 1. The van der Waals surface area contributed by atoms with E-state index in [-0.39, 0.29) is 18.0 Å². The van der Waals surface area contributed by atoms with E-state index in [0.717, 1.165) is 5.56 Å². The lowest BCUT2D eigenvalue weighted by Gasteiger charge is -2.10. The summed E-state index contributed by atoms with van der Waals surface area (Å²) in [5, 5.41) is 10.8. The molecule has 0 unspecified atom stereocenters. The van der Waals surface area contributed by atoms with Crippen LogP contribution in [0.1, 0.15) is 24.0 Å². The highest BCUT2D eigenvalue weighted by Crippen LogP contribution is 2.28. The molecule has 0 saturated heterocycles. The van der Waals surface area contributed by atoms with Gasteiger partial charge >= 0.3 is 0 Å². The molecule has 1 aromatic rings. The number of nitrogens with two attached hydrogens (primary N) is 1. The molecule has 0 aliphatic heterocycles. The summed E-state index contributed by atoms with van der Waals surface area (Å²) in [7, 11) is 0. The first-order valence-electron chi connectivity index (χ1n) is 5.83. The van der Waals surface area contributed by atoms with Crippen LogP contribution in [0, 0.1) is 24.0 Å². The molecule has 0 aliphatic carbocycles. The average molecular weight is 267 g/mol. The molecule has 0 bridgehead atoms. The minimum absolute atomic E-state index is 0.0281. The summed E-state index contributed by atoms with van der Waals surface area (Å²) in [5.41, 5.74) is 3.47. The molecule has 1 rings (SSSR count). The van der Waals surface area contributed by atoms with Gasteiger partial charge in [0, 0.05) is 12.0 Å². The highest BCUT2D eigenvalue weighted by Gasteiger charge is 2.14. The Morgan fingerprint density at radius 3 is 2.68 bits per heavy atom. The highest BCUT2D eigenvalue weighted by molar-refractivity contribution is 5.75. The lowest BCUT2D eigenvalue weighted by atomic mass is 10.1. The third-order valence-electron chi connectivity index (χ3n) is 2.66. The molecule has 0 aliphatic rings. The highest BCUT2D eigenvalue weighted by atomic mass is 16.6. The van der Waals surface area contributed by atoms with Gasteiger partial charge in [-0.3, -0.25) is 20.3 Å². The maximum atomic E-state index is 10.9. The average Bonchev–Trinajstić information content (AvgIpc) is 2.35. The van der Waals surface area contributed by atoms with Crippen LogP contribution < -0.4 is 16.0 Å². The molecule has 0 atom stereocenters. The first kappa shape index (κ1) is 14.9. The zero-order chi connectivity index (χ0) is 14.4. The molecule has 3 N–H and O–H groups in total. The molecule has 0 spiro atoms. The van der Waals surface area contributed by atoms with Crippen molar-refractivity contribution in [3.05, 3.63) is 33.4 Å². The summed E-state index contributed by atoms with van der Waals surface area (Å²) in [6, 6.07) is 3.12. The maximum Gasteiger partial charge on any atom is 0.276 e. The Morgan fingerprint density at radius 1 is 1.42 bits per heavy atom. The molecular formula is C12H17N3O4. The van der Waals surface area contributed by atoms with Crippen LogP contribution in [-0.4, -0.2) is 17.4 Å². The van der Waals surface area contributed by atoms with Crippen molar-refractivity contribution in [2.75, 3.05) is 6.61 Å². The maximum absolute atomic E-state index is 10.9. The van der Waals surface area contributed by atoms with Gasteiger partial charge in [-0.25, -0.2) is 5.84 Å². The van der Waals surface area contributed by atoms with E-state index < -0.39 is 4.92 Å². The molecular weight excluding hydrogens is 250 g/mol. The number of nitro benzene ring substituents is 1. The topological polar surface area (TPSA) is 107 Å². The fraction of sp³-hybridized carbons (Fsp3) is 0.417. The number of carbonyl (C=O) groups excluding carboxylic acids is 1. The van der Waals surface area contributed by atoms with E-state index in [9.17, 15) is 14.9 Å². The fourth-order valence-corrected chi connectivity index (χ4v) is 1.66. The van der Waals surface area contributed by atoms with Crippen LogP contribution >= 0.6 is 0 Å². The summed E-state index contributed by atoms with van der Waals surface area (Å²) in [5.74, 6) is 5.14. The number of hydrazine groups is 1. The van der Waals surface area contributed by atoms with Crippen LogP contribution in [0.3, 0.4) is 0 Å². The van der Waals surface area contributed by atoms with Gasteiger partial charge in [0.05, 0.1) is 17.6 Å². The lowest BCUT2D eigenvalue weighted by molar-refractivity contribution is -0.385. The van der Waals surface area contributed by atoms with E-state index in [1.807, 2.05) is 12.3 Å². The molecule has 0 aromatic heterocycles. The number of hydrogen-bond donors (Lipinski definition) is 2. The molecule has 0 saturated carbocycles. The lowest BCUT2D eigenvalue weighted by Crippen LogP contribution is -2.29. The molecule has 19 heavy (non-hydrogen) atoms. The summed E-state index contributed by atoms with van der Waals surface area (Å²) in [6.07, 6.45) is 0.744. The number of nitrogens with one attached hydrogen (secondary N) is 1. The van der Waals surface area contributed by atoms with E-state index in [0.29, 0.717) is 24.3 Å². The fourth-order valence-electron chi connectivity index (χ4n) is 1.66. The van der Waals surface area contributed by atoms with Crippen molar-refractivity contribution >= 4 is 11.6 Å². The van der Waals surface area contributed by atoms with E-state index in [2.05, 4.69) is 0 Å². The largest absolute Gasteiger partial charge is 0.493 e. The van der Waals surface area contributed by atoms with E-state index in [4.69, 9.17) is 10.6 Å². The third-order valence-corrected chi connectivity index (χ3v) is 2.66. The standard InChI is InChI=1S/C12H17N3O4/c1-8-6-9(2)11(7-10(8)15(17)18)19-5-3-4-12(16)14-13/h6-7H,3-5,13H2,1-2H3,(H,14,16). The molecule has 1 aromatic carbocycles. The smallest absolute Gasteiger partial charge is 0.276 e. The predicted molar refractivity (Wildman–Crippen MR) is 69.6 cm³/mol. The number of ether oxygens (including phenoxy) is 1. The minimum atomic E-state index is -0.441. The number of aryl methyl sites for hydroxylation is 2. The molecule has 0 fully saturated rings. The van der Waals surface area contributed by atoms with Gasteiger partial charge in [0.1, 0.15) is 5.75 Å². The summed E-state index contributed by atoms with van der Waals surface area (Å²) >= 11 is 0. The van der Waals surface area contributed by atoms with Gasteiger partial charge in [0.2, 0.25) is 5.91 Å². The third kappa shape index (κ3) is 4.22. The van der Waals surface area contributed by atoms with Gasteiger partial charge in [-0.2, -0.15) is 0 Å². The predicted octanol–water partition coefficient (Wildman–Crippen LogP) is 1.36. The monoisotopic (exact) mass is 267 g/mol. The van der Waals surface area contributed by atoms with Crippen molar-refractivity contribution in [3.8, 4) is 5.75 Å². The van der Waals surface area contributed by atoms with Crippen LogP contribution in [0.4, 0.5) is 5.69 Å². The molecule has 0 radical (unpaired) electrons. The number of hydrogen-bond acceptors (Lipinski definition) is 5. The van der Waals surface area contributed by atoms with Crippen molar-refractivity contribution in [3.63, 3.8) is 0 Å². The van der Waals surface area contributed by atoms with E-state index in [1.165, 1.54) is 6.07 Å². The molecule has 7 nitrogen and oxygen atoms in total. The zero-order valence-corrected chi connectivity index (χ0v) is 10.9. The molecule has 0 heterocycles. The number of nitro groups is 1. The summed E-state index contributed by atoms with van der Waals surface area (Å²) < 4.78 is 5.45. The van der Waals surface area contributed by atoms with Crippen LogP contribution in [-0.2, 0) is 4.79 Å². The zero-order valence-electron chi connectivity index (χ0n) is 10.9. The van der Waals surface area contributed by atoms with Crippen LogP contribution in [0.15, 0.2) is 12.1 Å². The van der Waals surface area contributed by atoms with Crippen molar-refractivity contribution in [1.82, 2.24) is 5.43 Å². The van der Waals surface area contributed by atoms with E-state index >= 15 is 0 Å². The molecule has 104 valence electrons. The first-order valence-corrected chi connectivity index (χ1v) is 5.83. The van der Waals surface area contributed by atoms with Crippen molar-refractivity contribution < 1.29 is 14.5 Å². The minimum Gasteiger partial charge on any atom is -0.493 e. The van der Waals surface area contributed by atoms with Gasteiger partial charge in [0.15, 0.2) is 0 Å². The normalized spacial score (nSPS) is 10.1. The van der Waals surface area contributed by atoms with E-state index in [1.54, 1.807) is 13.0 Å². The molecule has 7 heteroatoms. The number of carbonyl (C=O) groups is 1. The van der Waals surface area contributed by atoms with Crippen molar-refractivity contribution in [2.24, 2.45) is 5.84 Å². The number of rotatable bonds is 6. The second kappa shape index (κ2) is 6.69. The van der Waals surface area contributed by atoms with Crippen molar-refractivity contribution in [1.29, 1.82) is 0 Å². The van der Waals surface area contributed by atoms with Gasteiger partial charge in [-0.05, 0) is 31.9 Å². The van der Waals surface area contributed by atoms with Gasteiger partial charge in [0.25, 0.3) is 5.69 Å². The number of nitrogens with zero attached hydrogens (tertiary/aromatic N) is 1. The van der Waals surface area contributed by atoms with Gasteiger partial charge in [-0.1, -0.05) is 0 Å². The van der Waals surface area contributed by atoms with Gasteiger partial charge < -0.3 is 4.74 Å². The van der Waals surface area contributed by atoms with Crippen molar-refractivity contribution in [2.45, 2.75) is 26.7 Å². The Bertz CT molecular complexity index is 488. The number of benzene rings is 1. The van der Waals surface area contributed by atoms with Crippen LogP contribution in [0.25, 0.3) is 0 Å². The quantitative estimate of drug-likeness (QED) is 0.266. The Labute approximate surface area is 110 Å². The SMILES string of the molecule is Cc1cc(C)c([N+](=O)[O-])cc1OCCCC(=O)NN. The Balaban J connectivity index is 2.65. The Hall–Kier alpha value is -2.15. The summed E-state index contributed by atoms with van der Waals surface area (Å²) in [4.78, 5) is 21.3. The van der Waals surface area contributed by atoms with Crippen LogP contribution in [0.5, 0.6) is 5.75 Å².